The molecule has 0 spiro atoms. The molecule has 0 fully saturated rings. The van der Waals surface area contributed by atoms with E-state index in [-0.39, 0.29) is 11.3 Å². The van der Waals surface area contributed by atoms with Crippen LogP contribution in [0.15, 0.2) is 88.4 Å². The molecule has 0 unspecified atom stereocenters. The van der Waals surface area contributed by atoms with Crippen LogP contribution in [0, 0.1) is 6.92 Å². The second-order valence-electron chi connectivity index (χ2n) is 7.38. The van der Waals surface area contributed by atoms with Crippen molar-refractivity contribution >= 4 is 38.8 Å². The first-order chi connectivity index (χ1) is 15.5. The van der Waals surface area contributed by atoms with E-state index in [1.165, 1.54) is 11.8 Å². The summed E-state index contributed by atoms with van der Waals surface area (Å²) in [5, 5.41) is 15.9. The summed E-state index contributed by atoms with van der Waals surface area (Å²) >= 11 is 3.52. The third kappa shape index (κ3) is 5.15. The van der Waals surface area contributed by atoms with Gasteiger partial charge in [-0.05, 0) is 75.1 Å². The largest absolute Gasteiger partial charge is 0.507 e. The third-order valence-electron chi connectivity index (χ3n) is 4.96. The van der Waals surface area contributed by atoms with Gasteiger partial charge >= 0.3 is 0 Å². The summed E-state index contributed by atoms with van der Waals surface area (Å²) in [6.07, 6.45) is 1.53. The number of nitrogens with one attached hydrogen (secondary N) is 1. The zero-order valence-corrected chi connectivity index (χ0v) is 19.0. The SMILES string of the molecule is Cc1ccc(COc2ccc(C=NNC(=O)c3cc4ccccc4cc3O)cc2Br)cc1. The highest BCUT2D eigenvalue weighted by Crippen LogP contribution is 2.27. The number of rotatable bonds is 6. The van der Waals surface area contributed by atoms with Crippen LogP contribution in [-0.4, -0.2) is 17.2 Å². The van der Waals surface area contributed by atoms with Crippen molar-refractivity contribution in [1.82, 2.24) is 5.43 Å². The van der Waals surface area contributed by atoms with Crippen LogP contribution in [0.4, 0.5) is 0 Å². The number of benzene rings is 4. The first-order valence-corrected chi connectivity index (χ1v) is 10.8. The van der Waals surface area contributed by atoms with Gasteiger partial charge in [-0.25, -0.2) is 5.43 Å². The summed E-state index contributed by atoms with van der Waals surface area (Å²) in [6, 6.07) is 24.5. The standard InChI is InChI=1S/C26H21BrN2O3/c1-17-6-8-18(9-7-17)16-32-25-11-10-19(12-23(25)27)15-28-29-26(31)22-13-20-4-2-3-5-21(20)14-24(22)30/h2-15,30H,16H2,1H3,(H,29,31). The van der Waals surface area contributed by atoms with Gasteiger partial charge in [0.2, 0.25) is 0 Å². The van der Waals surface area contributed by atoms with Crippen molar-refractivity contribution < 1.29 is 14.6 Å². The van der Waals surface area contributed by atoms with Crippen LogP contribution in [-0.2, 0) is 6.61 Å². The first kappa shape index (κ1) is 21.6. The number of ether oxygens (including phenoxy) is 1. The van der Waals surface area contributed by atoms with Gasteiger partial charge in [0.05, 0.1) is 16.3 Å². The van der Waals surface area contributed by atoms with Crippen LogP contribution in [0.3, 0.4) is 0 Å². The summed E-state index contributed by atoms with van der Waals surface area (Å²) in [6.45, 7) is 2.52. The number of aryl methyl sites for hydroxylation is 1. The summed E-state index contributed by atoms with van der Waals surface area (Å²) in [5.74, 6) is 0.142. The van der Waals surface area contributed by atoms with Crippen molar-refractivity contribution in [2.24, 2.45) is 5.10 Å². The molecule has 0 aliphatic rings. The Hall–Kier alpha value is -3.64. The molecule has 6 heteroatoms. The highest BCUT2D eigenvalue weighted by Gasteiger charge is 2.11. The van der Waals surface area contributed by atoms with Crippen molar-refractivity contribution in [3.8, 4) is 11.5 Å². The fourth-order valence-electron chi connectivity index (χ4n) is 3.20. The molecule has 4 aromatic rings. The number of nitrogens with zero attached hydrogens (tertiary/aromatic N) is 1. The smallest absolute Gasteiger partial charge is 0.275 e. The Morgan fingerprint density at radius 2 is 1.75 bits per heavy atom. The minimum absolute atomic E-state index is 0.0887. The lowest BCUT2D eigenvalue weighted by Crippen LogP contribution is -2.17. The molecule has 0 radical (unpaired) electrons. The number of aromatic hydroxyl groups is 1. The van der Waals surface area contributed by atoms with Crippen LogP contribution in [0.25, 0.3) is 10.8 Å². The molecule has 0 aliphatic carbocycles. The van der Waals surface area contributed by atoms with Crippen molar-refractivity contribution in [3.05, 3.63) is 106 Å². The molecule has 0 saturated heterocycles. The molecule has 0 heterocycles. The molecular weight excluding hydrogens is 468 g/mol. The third-order valence-corrected chi connectivity index (χ3v) is 5.58. The van der Waals surface area contributed by atoms with Crippen molar-refractivity contribution in [2.75, 3.05) is 0 Å². The van der Waals surface area contributed by atoms with Gasteiger partial charge in [-0.15, -0.1) is 0 Å². The van der Waals surface area contributed by atoms with Gasteiger partial charge in [0, 0.05) is 0 Å². The summed E-state index contributed by atoms with van der Waals surface area (Å²) in [7, 11) is 0. The summed E-state index contributed by atoms with van der Waals surface area (Å²) < 4.78 is 6.66. The lowest BCUT2D eigenvalue weighted by molar-refractivity contribution is 0.0952. The number of hydrogen-bond donors (Lipinski definition) is 2. The van der Waals surface area contributed by atoms with E-state index < -0.39 is 5.91 Å². The molecule has 0 saturated carbocycles. The van der Waals surface area contributed by atoms with Crippen LogP contribution in [0.2, 0.25) is 0 Å². The minimum Gasteiger partial charge on any atom is -0.507 e. The van der Waals surface area contributed by atoms with Gasteiger partial charge < -0.3 is 9.84 Å². The van der Waals surface area contributed by atoms with E-state index in [0.717, 1.165) is 26.4 Å². The van der Waals surface area contributed by atoms with E-state index in [2.05, 4.69) is 45.5 Å². The second-order valence-corrected chi connectivity index (χ2v) is 8.23. The van der Waals surface area contributed by atoms with Crippen LogP contribution >= 0.6 is 15.9 Å². The Morgan fingerprint density at radius 3 is 2.47 bits per heavy atom. The van der Waals surface area contributed by atoms with Gasteiger partial charge in [-0.2, -0.15) is 5.10 Å². The summed E-state index contributed by atoms with van der Waals surface area (Å²) in [5.41, 5.74) is 5.71. The number of hydrogen-bond acceptors (Lipinski definition) is 4. The Balaban J connectivity index is 1.39. The van der Waals surface area contributed by atoms with Gasteiger partial charge in [0.1, 0.15) is 18.1 Å². The van der Waals surface area contributed by atoms with Crippen molar-refractivity contribution in [3.63, 3.8) is 0 Å². The molecule has 1 amide bonds. The van der Waals surface area contributed by atoms with Crippen LogP contribution in [0.1, 0.15) is 27.0 Å². The van der Waals surface area contributed by atoms with Gasteiger partial charge in [-0.3, -0.25) is 4.79 Å². The molecule has 2 N–H and O–H groups in total. The maximum absolute atomic E-state index is 12.4. The van der Waals surface area contributed by atoms with Gasteiger partial charge in [0.15, 0.2) is 0 Å². The average Bonchev–Trinajstić information content (AvgIpc) is 2.79. The number of carbonyl (C=O) groups is 1. The fraction of sp³-hybridized carbons (Fsp3) is 0.0769. The molecule has 32 heavy (non-hydrogen) atoms. The number of hydrazone groups is 1. The Kier molecular flexibility index (Phi) is 6.52. The Bertz CT molecular complexity index is 1300. The zero-order chi connectivity index (χ0) is 22.5. The predicted octanol–water partition coefficient (Wildman–Crippen LogP) is 5.96. The Morgan fingerprint density at radius 1 is 1.03 bits per heavy atom. The van der Waals surface area contributed by atoms with E-state index in [9.17, 15) is 9.90 Å². The summed E-state index contributed by atoms with van der Waals surface area (Å²) in [4.78, 5) is 12.4. The van der Waals surface area contributed by atoms with E-state index >= 15 is 0 Å². The Labute approximate surface area is 194 Å². The minimum atomic E-state index is -0.485. The lowest BCUT2D eigenvalue weighted by atomic mass is 10.1. The van der Waals surface area contributed by atoms with Crippen molar-refractivity contribution in [1.29, 1.82) is 0 Å². The fourth-order valence-corrected chi connectivity index (χ4v) is 3.71. The molecule has 0 aliphatic heterocycles. The van der Waals surface area contributed by atoms with E-state index in [1.807, 2.05) is 54.6 Å². The lowest BCUT2D eigenvalue weighted by Gasteiger charge is -2.09. The predicted molar refractivity (Wildman–Crippen MR) is 130 cm³/mol. The molecule has 0 atom stereocenters. The molecule has 160 valence electrons. The highest BCUT2D eigenvalue weighted by atomic mass is 79.9. The number of phenols is 1. The number of carbonyl (C=O) groups excluding carboxylic acids is 1. The highest BCUT2D eigenvalue weighted by molar-refractivity contribution is 9.10. The number of amides is 1. The molecule has 0 aromatic heterocycles. The second kappa shape index (κ2) is 9.66. The maximum atomic E-state index is 12.4. The molecule has 0 bridgehead atoms. The van der Waals surface area contributed by atoms with E-state index in [4.69, 9.17) is 4.74 Å². The van der Waals surface area contributed by atoms with Gasteiger partial charge in [-0.1, -0.05) is 54.1 Å². The first-order valence-electron chi connectivity index (χ1n) is 10.0. The monoisotopic (exact) mass is 488 g/mol. The van der Waals surface area contributed by atoms with Crippen LogP contribution < -0.4 is 10.2 Å². The maximum Gasteiger partial charge on any atom is 0.275 e. The van der Waals surface area contributed by atoms with Crippen LogP contribution in [0.5, 0.6) is 11.5 Å². The zero-order valence-electron chi connectivity index (χ0n) is 17.4. The molecule has 4 aromatic carbocycles. The quantitative estimate of drug-likeness (QED) is 0.259. The van der Waals surface area contributed by atoms with Crippen molar-refractivity contribution in [2.45, 2.75) is 13.5 Å². The number of halogens is 1. The normalized spacial score (nSPS) is 11.1. The molecule has 4 rings (SSSR count). The van der Waals surface area contributed by atoms with Gasteiger partial charge in [0.25, 0.3) is 5.91 Å². The number of fused-ring (bicyclic) bond motifs is 1. The topological polar surface area (TPSA) is 70.9 Å². The van der Waals surface area contributed by atoms with E-state index in [1.54, 1.807) is 12.1 Å². The number of phenolic OH excluding ortho intramolecular Hbond substituents is 1. The van der Waals surface area contributed by atoms with E-state index in [0.29, 0.717) is 12.4 Å². The molecule has 5 nitrogen and oxygen atoms in total. The molecular formula is C26H21BrN2O3. The average molecular weight is 489 g/mol.